The average Bonchev–Trinajstić information content (AvgIpc) is 2.26. The third kappa shape index (κ3) is 3.49. The summed E-state index contributed by atoms with van der Waals surface area (Å²) in [4.78, 5) is 6.52. The molecule has 0 N–H and O–H groups in total. The highest BCUT2D eigenvalue weighted by Gasteiger charge is 2.24. The lowest BCUT2D eigenvalue weighted by Gasteiger charge is -2.36. The van der Waals surface area contributed by atoms with Gasteiger partial charge in [0.25, 0.3) is 0 Å². The Bertz CT molecular complexity index is 385. The van der Waals surface area contributed by atoms with E-state index in [1.54, 1.807) is 6.20 Å². The molecule has 0 amide bonds. The van der Waals surface area contributed by atoms with Crippen molar-refractivity contribution in [2.45, 2.75) is 39.6 Å². The Balaban J connectivity index is 3.00. The highest BCUT2D eigenvalue weighted by molar-refractivity contribution is 6.32. The van der Waals surface area contributed by atoms with Crippen LogP contribution in [0, 0.1) is 5.41 Å². The number of nitrogens with zero attached hydrogens (tertiary/aromatic N) is 2. The van der Waals surface area contributed by atoms with Crippen LogP contribution >= 0.6 is 23.2 Å². The Morgan fingerprint density at radius 2 is 2.00 bits per heavy atom. The van der Waals surface area contributed by atoms with Crippen LogP contribution in [0.1, 0.15) is 33.3 Å². The van der Waals surface area contributed by atoms with E-state index in [0.717, 1.165) is 11.4 Å². The van der Waals surface area contributed by atoms with Gasteiger partial charge in [0.15, 0.2) is 0 Å². The van der Waals surface area contributed by atoms with Crippen molar-refractivity contribution in [2.24, 2.45) is 5.41 Å². The Hall–Kier alpha value is -0.470. The third-order valence-electron chi connectivity index (χ3n) is 3.26. The van der Waals surface area contributed by atoms with Gasteiger partial charge in [-0.15, -0.1) is 11.6 Å². The largest absolute Gasteiger partial charge is 0.356 e. The topological polar surface area (TPSA) is 16.1 Å². The number of halogens is 2. The van der Waals surface area contributed by atoms with E-state index in [4.69, 9.17) is 23.2 Å². The fourth-order valence-electron chi connectivity index (χ4n) is 1.54. The first kappa shape index (κ1) is 14.6. The van der Waals surface area contributed by atoms with Gasteiger partial charge in [-0.05, 0) is 24.0 Å². The molecule has 0 aliphatic heterocycles. The van der Waals surface area contributed by atoms with Crippen molar-refractivity contribution >= 4 is 29.0 Å². The highest BCUT2D eigenvalue weighted by atomic mass is 35.5. The first-order valence-electron chi connectivity index (χ1n) is 5.70. The SMILES string of the molecule is CC(N(C)c1cc(CCl)c(Cl)cn1)C(C)(C)C. The van der Waals surface area contributed by atoms with Crippen LogP contribution in [0.25, 0.3) is 0 Å². The van der Waals surface area contributed by atoms with Crippen molar-refractivity contribution in [2.75, 3.05) is 11.9 Å². The van der Waals surface area contributed by atoms with E-state index in [1.165, 1.54) is 0 Å². The first-order valence-corrected chi connectivity index (χ1v) is 6.62. The zero-order valence-electron chi connectivity index (χ0n) is 11.1. The van der Waals surface area contributed by atoms with Gasteiger partial charge in [-0.25, -0.2) is 4.98 Å². The lowest BCUT2D eigenvalue weighted by Crippen LogP contribution is -2.39. The Morgan fingerprint density at radius 3 is 2.47 bits per heavy atom. The molecule has 17 heavy (non-hydrogen) atoms. The molecule has 4 heteroatoms. The molecule has 1 heterocycles. The molecule has 0 aromatic carbocycles. The maximum absolute atomic E-state index is 6.01. The van der Waals surface area contributed by atoms with Gasteiger partial charge in [0.05, 0.1) is 5.02 Å². The molecule has 0 aliphatic rings. The zero-order chi connectivity index (χ0) is 13.2. The second-order valence-electron chi connectivity index (χ2n) is 5.42. The number of anilines is 1. The standard InChI is InChI=1S/C13H20Cl2N2/c1-9(13(2,3)4)17(5)12-6-10(7-14)11(15)8-16-12/h6,8-9H,7H2,1-5H3. The molecule has 96 valence electrons. The molecule has 1 unspecified atom stereocenters. The minimum absolute atomic E-state index is 0.192. The first-order chi connectivity index (χ1) is 7.77. The summed E-state index contributed by atoms with van der Waals surface area (Å²) in [6.45, 7) is 8.84. The van der Waals surface area contributed by atoms with Gasteiger partial charge >= 0.3 is 0 Å². The molecule has 0 spiro atoms. The van der Waals surface area contributed by atoms with Crippen LogP contribution in [0.4, 0.5) is 5.82 Å². The van der Waals surface area contributed by atoms with E-state index in [2.05, 4.69) is 37.6 Å². The second-order valence-corrected chi connectivity index (χ2v) is 6.09. The second kappa shape index (κ2) is 5.45. The van der Waals surface area contributed by atoms with Gasteiger partial charge in [0.2, 0.25) is 0 Å². The van der Waals surface area contributed by atoms with E-state index in [9.17, 15) is 0 Å². The van der Waals surface area contributed by atoms with Crippen molar-refractivity contribution in [3.8, 4) is 0 Å². The summed E-state index contributed by atoms with van der Waals surface area (Å²) in [5.41, 5.74) is 1.11. The summed E-state index contributed by atoms with van der Waals surface area (Å²) in [6, 6.07) is 2.33. The van der Waals surface area contributed by atoms with E-state index < -0.39 is 0 Å². The van der Waals surface area contributed by atoms with Crippen molar-refractivity contribution in [3.63, 3.8) is 0 Å². The quantitative estimate of drug-likeness (QED) is 0.763. The number of hydrogen-bond donors (Lipinski definition) is 0. The van der Waals surface area contributed by atoms with E-state index >= 15 is 0 Å². The maximum atomic E-state index is 6.01. The van der Waals surface area contributed by atoms with Crippen LogP contribution in [0.3, 0.4) is 0 Å². The molecule has 0 radical (unpaired) electrons. The summed E-state index contributed by atoms with van der Waals surface area (Å²) in [5.74, 6) is 1.32. The van der Waals surface area contributed by atoms with Gasteiger partial charge in [0, 0.05) is 25.2 Å². The minimum Gasteiger partial charge on any atom is -0.356 e. The van der Waals surface area contributed by atoms with Gasteiger partial charge in [0.1, 0.15) is 5.82 Å². The van der Waals surface area contributed by atoms with Crippen molar-refractivity contribution in [1.29, 1.82) is 0 Å². The van der Waals surface area contributed by atoms with Crippen molar-refractivity contribution < 1.29 is 0 Å². The lowest BCUT2D eigenvalue weighted by molar-refractivity contribution is 0.328. The molecule has 0 aliphatic carbocycles. The van der Waals surface area contributed by atoms with Crippen LogP contribution in [-0.4, -0.2) is 18.1 Å². The van der Waals surface area contributed by atoms with E-state index in [1.807, 2.05) is 13.1 Å². The molecule has 0 fully saturated rings. The van der Waals surface area contributed by atoms with E-state index in [-0.39, 0.29) is 5.41 Å². The zero-order valence-corrected chi connectivity index (χ0v) is 12.6. The number of hydrogen-bond acceptors (Lipinski definition) is 2. The number of rotatable bonds is 3. The Morgan fingerprint density at radius 1 is 1.41 bits per heavy atom. The summed E-state index contributed by atoms with van der Waals surface area (Å²) in [6.07, 6.45) is 1.67. The normalized spacial score (nSPS) is 13.6. The van der Waals surface area contributed by atoms with Crippen molar-refractivity contribution in [3.05, 3.63) is 22.8 Å². The molecule has 0 saturated heterocycles. The number of aromatic nitrogens is 1. The van der Waals surface area contributed by atoms with Gasteiger partial charge < -0.3 is 4.90 Å². The molecule has 2 nitrogen and oxygen atoms in total. The Kier molecular flexibility index (Phi) is 4.68. The molecule has 1 aromatic rings. The predicted octanol–water partition coefficient (Wildman–Crippen LogP) is 4.34. The summed E-state index contributed by atoms with van der Waals surface area (Å²) in [7, 11) is 2.05. The molecule has 1 atom stereocenters. The smallest absolute Gasteiger partial charge is 0.128 e. The Labute approximate surface area is 114 Å². The third-order valence-corrected chi connectivity index (χ3v) is 3.89. The minimum atomic E-state index is 0.192. The molecule has 0 saturated carbocycles. The average molecular weight is 275 g/mol. The summed E-state index contributed by atoms with van der Waals surface area (Å²) in [5, 5.41) is 0.626. The number of alkyl halides is 1. The maximum Gasteiger partial charge on any atom is 0.128 e. The predicted molar refractivity (Wildman–Crippen MR) is 76.1 cm³/mol. The fraction of sp³-hybridized carbons (Fsp3) is 0.615. The van der Waals surface area contributed by atoms with Crippen LogP contribution in [-0.2, 0) is 5.88 Å². The van der Waals surface area contributed by atoms with Crippen LogP contribution in [0.2, 0.25) is 5.02 Å². The number of pyridine rings is 1. The fourth-order valence-corrected chi connectivity index (χ4v) is 2.00. The summed E-state index contributed by atoms with van der Waals surface area (Å²) >= 11 is 11.9. The van der Waals surface area contributed by atoms with E-state index in [0.29, 0.717) is 16.9 Å². The van der Waals surface area contributed by atoms with Gasteiger partial charge in [-0.2, -0.15) is 0 Å². The molecule has 1 rings (SSSR count). The monoisotopic (exact) mass is 274 g/mol. The van der Waals surface area contributed by atoms with Gasteiger partial charge in [-0.3, -0.25) is 0 Å². The van der Waals surface area contributed by atoms with Crippen molar-refractivity contribution in [1.82, 2.24) is 4.98 Å². The summed E-state index contributed by atoms with van der Waals surface area (Å²) < 4.78 is 0. The molecular weight excluding hydrogens is 255 g/mol. The van der Waals surface area contributed by atoms with Crippen LogP contribution in [0.5, 0.6) is 0 Å². The lowest BCUT2D eigenvalue weighted by atomic mass is 9.87. The van der Waals surface area contributed by atoms with Crippen LogP contribution in [0.15, 0.2) is 12.3 Å². The molecule has 1 aromatic heterocycles. The molecular formula is C13H20Cl2N2. The highest BCUT2D eigenvalue weighted by Crippen LogP contribution is 2.28. The molecule has 0 bridgehead atoms. The van der Waals surface area contributed by atoms with Crippen LogP contribution < -0.4 is 4.90 Å². The van der Waals surface area contributed by atoms with Gasteiger partial charge in [-0.1, -0.05) is 32.4 Å².